The minimum Gasteiger partial charge on any atom is -0.341 e. The molecule has 0 fully saturated rings. The van der Waals surface area contributed by atoms with Crippen molar-refractivity contribution in [3.63, 3.8) is 0 Å². The van der Waals surface area contributed by atoms with Gasteiger partial charge in [0.1, 0.15) is 0 Å². The van der Waals surface area contributed by atoms with Gasteiger partial charge in [0.15, 0.2) is 0 Å². The lowest BCUT2D eigenvalue weighted by molar-refractivity contribution is 0.217. The summed E-state index contributed by atoms with van der Waals surface area (Å²) in [7, 11) is 1.66. The molecule has 0 saturated heterocycles. The maximum atomic E-state index is 11.4. The van der Waals surface area contributed by atoms with Crippen molar-refractivity contribution in [2.45, 2.75) is 65.8 Å². The first-order valence-electron chi connectivity index (χ1n) is 8.33. The lowest BCUT2D eigenvalue weighted by Crippen LogP contribution is -2.47. The fourth-order valence-corrected chi connectivity index (χ4v) is 2.90. The smallest absolute Gasteiger partial charge is 0.314 e. The molecule has 4 nitrogen and oxygen atoms in total. The standard InChI is InChI=1S/C16H35N3O/c1-6-10-11-13(7-2)15(18-9-4)14(8-3)12-19-16(20)17-5/h13-15,18H,6-12H2,1-5H3,(H2,17,19,20). The molecule has 2 amide bonds. The van der Waals surface area contributed by atoms with Crippen molar-refractivity contribution < 1.29 is 4.79 Å². The van der Waals surface area contributed by atoms with Gasteiger partial charge in [0, 0.05) is 19.6 Å². The zero-order chi connectivity index (χ0) is 15.4. The average Bonchev–Trinajstić information content (AvgIpc) is 2.47. The number of nitrogens with one attached hydrogen (secondary N) is 3. The van der Waals surface area contributed by atoms with E-state index in [1.807, 2.05) is 0 Å². The molecule has 0 rings (SSSR count). The van der Waals surface area contributed by atoms with Crippen molar-refractivity contribution in [3.8, 4) is 0 Å². The Morgan fingerprint density at radius 1 is 1.05 bits per heavy atom. The summed E-state index contributed by atoms with van der Waals surface area (Å²) in [6, 6.07) is 0.416. The van der Waals surface area contributed by atoms with E-state index >= 15 is 0 Å². The Labute approximate surface area is 125 Å². The SMILES string of the molecule is CCCCC(CC)C(NCC)C(CC)CNC(=O)NC. The molecule has 3 N–H and O–H groups in total. The van der Waals surface area contributed by atoms with E-state index in [1.54, 1.807) is 7.05 Å². The molecule has 0 spiro atoms. The highest BCUT2D eigenvalue weighted by Gasteiger charge is 2.26. The Morgan fingerprint density at radius 2 is 1.70 bits per heavy atom. The fraction of sp³-hybridized carbons (Fsp3) is 0.938. The molecule has 120 valence electrons. The van der Waals surface area contributed by atoms with Gasteiger partial charge in [-0.05, 0) is 24.8 Å². The molecule has 0 aliphatic rings. The molecule has 0 aromatic rings. The van der Waals surface area contributed by atoms with E-state index in [2.05, 4.69) is 43.6 Å². The number of carbonyl (C=O) groups is 1. The van der Waals surface area contributed by atoms with Crippen LogP contribution in [0.15, 0.2) is 0 Å². The second kappa shape index (κ2) is 12.0. The molecule has 3 atom stereocenters. The van der Waals surface area contributed by atoms with Crippen LogP contribution in [0, 0.1) is 11.8 Å². The van der Waals surface area contributed by atoms with Crippen LogP contribution in [0.2, 0.25) is 0 Å². The highest BCUT2D eigenvalue weighted by Crippen LogP contribution is 2.24. The molecule has 0 bridgehead atoms. The largest absolute Gasteiger partial charge is 0.341 e. The highest BCUT2D eigenvalue weighted by atomic mass is 16.2. The summed E-state index contributed by atoms with van der Waals surface area (Å²) in [6.45, 7) is 10.6. The van der Waals surface area contributed by atoms with Crippen molar-refractivity contribution in [1.82, 2.24) is 16.0 Å². The molecule has 0 heterocycles. The van der Waals surface area contributed by atoms with Crippen LogP contribution in [-0.4, -0.2) is 32.2 Å². The van der Waals surface area contributed by atoms with Crippen LogP contribution in [0.1, 0.15) is 59.8 Å². The molecule has 20 heavy (non-hydrogen) atoms. The van der Waals surface area contributed by atoms with E-state index in [0.29, 0.717) is 17.9 Å². The summed E-state index contributed by atoms with van der Waals surface area (Å²) < 4.78 is 0. The van der Waals surface area contributed by atoms with Crippen LogP contribution >= 0.6 is 0 Å². The Kier molecular flexibility index (Phi) is 11.5. The molecule has 0 aliphatic carbocycles. The zero-order valence-corrected chi connectivity index (χ0v) is 14.1. The van der Waals surface area contributed by atoms with E-state index in [-0.39, 0.29) is 6.03 Å². The zero-order valence-electron chi connectivity index (χ0n) is 14.1. The number of urea groups is 1. The lowest BCUT2D eigenvalue weighted by Gasteiger charge is -2.34. The summed E-state index contributed by atoms with van der Waals surface area (Å²) in [5, 5.41) is 9.25. The van der Waals surface area contributed by atoms with E-state index in [0.717, 1.165) is 19.5 Å². The Hall–Kier alpha value is -0.770. The van der Waals surface area contributed by atoms with Crippen molar-refractivity contribution in [3.05, 3.63) is 0 Å². The minimum atomic E-state index is -0.0831. The molecule has 0 aliphatic heterocycles. The van der Waals surface area contributed by atoms with E-state index in [1.165, 1.54) is 25.7 Å². The summed E-state index contributed by atoms with van der Waals surface area (Å²) >= 11 is 0. The lowest BCUT2D eigenvalue weighted by atomic mass is 9.82. The number of hydrogen-bond donors (Lipinski definition) is 3. The Morgan fingerprint density at radius 3 is 2.15 bits per heavy atom. The molecule has 0 radical (unpaired) electrons. The van der Waals surface area contributed by atoms with Gasteiger partial charge in [-0.25, -0.2) is 4.79 Å². The van der Waals surface area contributed by atoms with Crippen molar-refractivity contribution in [1.29, 1.82) is 0 Å². The number of carbonyl (C=O) groups excluding carboxylic acids is 1. The van der Waals surface area contributed by atoms with Crippen LogP contribution in [-0.2, 0) is 0 Å². The quantitative estimate of drug-likeness (QED) is 0.546. The monoisotopic (exact) mass is 285 g/mol. The second-order valence-corrected chi connectivity index (χ2v) is 5.52. The van der Waals surface area contributed by atoms with Crippen molar-refractivity contribution >= 4 is 6.03 Å². The summed E-state index contributed by atoms with van der Waals surface area (Å²) in [6.07, 6.45) is 6.11. The first-order valence-corrected chi connectivity index (χ1v) is 8.33. The molecular weight excluding hydrogens is 250 g/mol. The third kappa shape index (κ3) is 7.13. The maximum Gasteiger partial charge on any atom is 0.314 e. The number of unbranched alkanes of at least 4 members (excludes halogenated alkanes) is 1. The second-order valence-electron chi connectivity index (χ2n) is 5.52. The van der Waals surface area contributed by atoms with Crippen molar-refractivity contribution in [2.75, 3.05) is 20.1 Å². The molecule has 0 aromatic heterocycles. The molecular formula is C16H35N3O. The van der Waals surface area contributed by atoms with Crippen LogP contribution < -0.4 is 16.0 Å². The Bertz CT molecular complexity index is 246. The number of hydrogen-bond acceptors (Lipinski definition) is 2. The molecule has 0 aromatic carbocycles. The van der Waals surface area contributed by atoms with Gasteiger partial charge in [-0.1, -0.05) is 53.4 Å². The van der Waals surface area contributed by atoms with Crippen LogP contribution in [0.25, 0.3) is 0 Å². The minimum absolute atomic E-state index is 0.0831. The predicted octanol–water partition coefficient (Wildman–Crippen LogP) is 3.14. The van der Waals surface area contributed by atoms with Gasteiger partial charge in [0.2, 0.25) is 0 Å². The normalized spacial score (nSPS) is 15.4. The van der Waals surface area contributed by atoms with Gasteiger partial charge in [-0.2, -0.15) is 0 Å². The summed E-state index contributed by atoms with van der Waals surface area (Å²) in [4.78, 5) is 11.4. The third-order valence-electron chi connectivity index (χ3n) is 4.18. The average molecular weight is 285 g/mol. The third-order valence-corrected chi connectivity index (χ3v) is 4.18. The van der Waals surface area contributed by atoms with Gasteiger partial charge in [0.05, 0.1) is 0 Å². The maximum absolute atomic E-state index is 11.4. The van der Waals surface area contributed by atoms with E-state index < -0.39 is 0 Å². The fourth-order valence-electron chi connectivity index (χ4n) is 2.90. The number of amides is 2. The predicted molar refractivity (Wildman–Crippen MR) is 87.0 cm³/mol. The Balaban J connectivity index is 4.65. The van der Waals surface area contributed by atoms with Crippen LogP contribution in [0.3, 0.4) is 0 Å². The highest BCUT2D eigenvalue weighted by molar-refractivity contribution is 5.73. The summed E-state index contributed by atoms with van der Waals surface area (Å²) in [5.74, 6) is 1.19. The topological polar surface area (TPSA) is 53.2 Å². The van der Waals surface area contributed by atoms with Gasteiger partial charge < -0.3 is 16.0 Å². The van der Waals surface area contributed by atoms with Gasteiger partial charge in [-0.3, -0.25) is 0 Å². The van der Waals surface area contributed by atoms with E-state index in [9.17, 15) is 4.79 Å². The first-order chi connectivity index (χ1) is 9.64. The van der Waals surface area contributed by atoms with Gasteiger partial charge in [-0.15, -0.1) is 0 Å². The van der Waals surface area contributed by atoms with E-state index in [4.69, 9.17) is 0 Å². The molecule has 0 saturated carbocycles. The first kappa shape index (κ1) is 19.2. The molecule has 3 unspecified atom stereocenters. The number of rotatable bonds is 11. The van der Waals surface area contributed by atoms with Gasteiger partial charge in [0.25, 0.3) is 0 Å². The van der Waals surface area contributed by atoms with Gasteiger partial charge >= 0.3 is 6.03 Å². The summed E-state index contributed by atoms with van der Waals surface area (Å²) in [5.41, 5.74) is 0. The van der Waals surface area contributed by atoms with Crippen molar-refractivity contribution in [2.24, 2.45) is 11.8 Å². The van der Waals surface area contributed by atoms with Crippen LogP contribution in [0.5, 0.6) is 0 Å². The van der Waals surface area contributed by atoms with Crippen LogP contribution in [0.4, 0.5) is 4.79 Å². The molecule has 4 heteroatoms.